The normalized spacial score (nSPS) is 17.0. The summed E-state index contributed by atoms with van der Waals surface area (Å²) >= 11 is 0. The number of nitrogens with one attached hydrogen (secondary N) is 1. The second-order valence-corrected chi connectivity index (χ2v) is 6.58. The zero-order valence-electron chi connectivity index (χ0n) is 15.9. The first-order chi connectivity index (χ1) is 13.4. The van der Waals surface area contributed by atoms with Crippen LogP contribution in [0, 0.1) is 16.0 Å². The zero-order valence-corrected chi connectivity index (χ0v) is 15.9. The van der Waals surface area contributed by atoms with Crippen LogP contribution in [0.4, 0.5) is 5.69 Å². The number of nitro benzene ring substituents is 1. The van der Waals surface area contributed by atoms with E-state index < -0.39 is 17.5 Å². The van der Waals surface area contributed by atoms with Crippen molar-refractivity contribution in [2.75, 3.05) is 39.9 Å². The number of nitro groups is 1. The Labute approximate surface area is 163 Å². The lowest BCUT2D eigenvalue weighted by Crippen LogP contribution is -2.43. The Balaban J connectivity index is 2.02. The first-order valence-corrected chi connectivity index (χ1v) is 9.11. The van der Waals surface area contributed by atoms with E-state index in [-0.39, 0.29) is 23.3 Å². The summed E-state index contributed by atoms with van der Waals surface area (Å²) in [5.41, 5.74) is 5.94. The molecule has 10 heteroatoms. The molecule has 1 aromatic rings. The lowest BCUT2D eigenvalue weighted by Gasteiger charge is -2.32. The molecule has 1 unspecified atom stereocenters. The molecule has 154 valence electrons. The number of benzene rings is 1. The van der Waals surface area contributed by atoms with Crippen LogP contribution in [0.15, 0.2) is 18.2 Å². The third-order valence-corrected chi connectivity index (χ3v) is 4.52. The average Bonchev–Trinajstić information content (AvgIpc) is 2.70. The van der Waals surface area contributed by atoms with Gasteiger partial charge in [-0.05, 0) is 31.0 Å². The van der Waals surface area contributed by atoms with Crippen molar-refractivity contribution < 1.29 is 24.0 Å². The Morgan fingerprint density at radius 3 is 2.89 bits per heavy atom. The van der Waals surface area contributed by atoms with Crippen LogP contribution in [0.25, 0.3) is 0 Å². The molecule has 1 atom stereocenters. The van der Waals surface area contributed by atoms with Gasteiger partial charge in [0, 0.05) is 32.2 Å². The standard InChI is InChI=1S/C18H26N4O6/c1-27-17(23)12-28-16-5-4-13(9-15(16)22(25)26)10-21-8-2-3-14(11-21)18(24)20-7-6-19/h4-5,9,14H,2-3,6-8,10-12,19H2,1H3,(H,20,24). The number of hydrogen-bond acceptors (Lipinski definition) is 8. The molecule has 0 spiro atoms. The van der Waals surface area contributed by atoms with Crippen molar-refractivity contribution in [1.82, 2.24) is 10.2 Å². The highest BCUT2D eigenvalue weighted by molar-refractivity contribution is 5.79. The van der Waals surface area contributed by atoms with E-state index in [1.807, 2.05) is 0 Å². The fourth-order valence-corrected chi connectivity index (χ4v) is 3.13. The summed E-state index contributed by atoms with van der Waals surface area (Å²) in [6.45, 7) is 2.34. The number of likely N-dealkylation sites (tertiary alicyclic amines) is 1. The van der Waals surface area contributed by atoms with Crippen LogP contribution in [-0.4, -0.2) is 61.6 Å². The number of methoxy groups -OCH3 is 1. The van der Waals surface area contributed by atoms with E-state index in [1.54, 1.807) is 6.07 Å². The van der Waals surface area contributed by atoms with Gasteiger partial charge < -0.3 is 20.5 Å². The molecule has 1 fully saturated rings. The van der Waals surface area contributed by atoms with Crippen molar-refractivity contribution in [3.63, 3.8) is 0 Å². The number of carbonyl (C=O) groups excluding carboxylic acids is 2. The first kappa shape index (κ1) is 21.6. The molecule has 0 aliphatic carbocycles. The van der Waals surface area contributed by atoms with Crippen LogP contribution in [0.2, 0.25) is 0 Å². The Morgan fingerprint density at radius 2 is 2.21 bits per heavy atom. The van der Waals surface area contributed by atoms with Crippen molar-refractivity contribution >= 4 is 17.6 Å². The van der Waals surface area contributed by atoms with Gasteiger partial charge in [-0.2, -0.15) is 0 Å². The number of nitrogens with zero attached hydrogens (tertiary/aromatic N) is 2. The molecule has 1 aromatic carbocycles. The van der Waals surface area contributed by atoms with Crippen LogP contribution in [0.5, 0.6) is 5.75 Å². The average molecular weight is 394 g/mol. The maximum absolute atomic E-state index is 12.2. The van der Waals surface area contributed by atoms with Crippen molar-refractivity contribution in [2.24, 2.45) is 11.7 Å². The molecule has 1 aliphatic heterocycles. The van der Waals surface area contributed by atoms with Gasteiger partial charge in [0.25, 0.3) is 0 Å². The Kier molecular flexibility index (Phi) is 8.15. The lowest BCUT2D eigenvalue weighted by molar-refractivity contribution is -0.385. The van der Waals surface area contributed by atoms with E-state index in [0.29, 0.717) is 26.2 Å². The molecule has 2 rings (SSSR count). The van der Waals surface area contributed by atoms with E-state index in [4.69, 9.17) is 10.5 Å². The molecular weight excluding hydrogens is 368 g/mol. The molecule has 0 aromatic heterocycles. The second-order valence-electron chi connectivity index (χ2n) is 6.58. The van der Waals surface area contributed by atoms with E-state index in [0.717, 1.165) is 24.9 Å². The number of amides is 1. The number of esters is 1. The van der Waals surface area contributed by atoms with Crippen molar-refractivity contribution in [3.05, 3.63) is 33.9 Å². The van der Waals surface area contributed by atoms with Gasteiger partial charge >= 0.3 is 11.7 Å². The van der Waals surface area contributed by atoms with Crippen LogP contribution in [0.1, 0.15) is 18.4 Å². The fourth-order valence-electron chi connectivity index (χ4n) is 3.13. The maximum Gasteiger partial charge on any atom is 0.343 e. The minimum absolute atomic E-state index is 0.00677. The molecule has 10 nitrogen and oxygen atoms in total. The largest absolute Gasteiger partial charge is 0.475 e. The lowest BCUT2D eigenvalue weighted by atomic mass is 9.96. The van der Waals surface area contributed by atoms with Gasteiger partial charge in [-0.25, -0.2) is 4.79 Å². The van der Waals surface area contributed by atoms with Crippen molar-refractivity contribution in [2.45, 2.75) is 19.4 Å². The number of ether oxygens (including phenoxy) is 2. The summed E-state index contributed by atoms with van der Waals surface area (Å²) in [6.07, 6.45) is 1.69. The summed E-state index contributed by atoms with van der Waals surface area (Å²) in [5, 5.41) is 14.2. The minimum Gasteiger partial charge on any atom is -0.475 e. The smallest absolute Gasteiger partial charge is 0.343 e. The van der Waals surface area contributed by atoms with Gasteiger partial charge in [-0.15, -0.1) is 0 Å². The molecule has 0 radical (unpaired) electrons. The SMILES string of the molecule is COC(=O)COc1ccc(CN2CCCC(C(=O)NCCN)C2)cc1[N+](=O)[O-]. The fraction of sp³-hybridized carbons (Fsp3) is 0.556. The van der Waals surface area contributed by atoms with Gasteiger partial charge in [-0.1, -0.05) is 6.07 Å². The highest BCUT2D eigenvalue weighted by Crippen LogP contribution is 2.29. The summed E-state index contributed by atoms with van der Waals surface area (Å²) in [7, 11) is 1.21. The predicted octanol–water partition coefficient (Wildman–Crippen LogP) is 0.434. The van der Waals surface area contributed by atoms with Crippen molar-refractivity contribution in [1.29, 1.82) is 0 Å². The van der Waals surface area contributed by atoms with Gasteiger partial charge in [0.1, 0.15) is 0 Å². The monoisotopic (exact) mass is 394 g/mol. The highest BCUT2D eigenvalue weighted by Gasteiger charge is 2.26. The summed E-state index contributed by atoms with van der Waals surface area (Å²) in [5.74, 6) is -0.729. The molecule has 3 N–H and O–H groups in total. The van der Waals surface area contributed by atoms with E-state index >= 15 is 0 Å². The number of carbonyl (C=O) groups is 2. The van der Waals surface area contributed by atoms with E-state index in [2.05, 4.69) is 15.0 Å². The first-order valence-electron chi connectivity index (χ1n) is 9.11. The quantitative estimate of drug-likeness (QED) is 0.349. The highest BCUT2D eigenvalue weighted by atomic mass is 16.6. The molecule has 1 saturated heterocycles. The van der Waals surface area contributed by atoms with E-state index in [9.17, 15) is 19.7 Å². The minimum atomic E-state index is -0.620. The number of piperidine rings is 1. The van der Waals surface area contributed by atoms with Gasteiger partial charge in [-0.3, -0.25) is 19.8 Å². The molecule has 0 saturated carbocycles. The molecule has 0 bridgehead atoms. The summed E-state index contributed by atoms with van der Waals surface area (Å²) < 4.78 is 9.66. The molecular formula is C18H26N4O6. The summed E-state index contributed by atoms with van der Waals surface area (Å²) in [6, 6.07) is 4.63. The number of hydrogen-bond donors (Lipinski definition) is 2. The Hall–Kier alpha value is -2.72. The van der Waals surface area contributed by atoms with Crippen LogP contribution in [0.3, 0.4) is 0 Å². The second kappa shape index (κ2) is 10.6. The van der Waals surface area contributed by atoms with E-state index in [1.165, 1.54) is 19.2 Å². The topological polar surface area (TPSA) is 137 Å². The Morgan fingerprint density at radius 1 is 1.43 bits per heavy atom. The van der Waals surface area contributed by atoms with Gasteiger partial charge in [0.05, 0.1) is 18.0 Å². The molecule has 1 aliphatic rings. The Bertz CT molecular complexity index is 711. The van der Waals surface area contributed by atoms with Crippen LogP contribution < -0.4 is 15.8 Å². The van der Waals surface area contributed by atoms with Gasteiger partial charge in [0.2, 0.25) is 5.91 Å². The number of nitrogens with two attached hydrogens (primary N) is 1. The molecule has 28 heavy (non-hydrogen) atoms. The number of rotatable bonds is 9. The third kappa shape index (κ3) is 6.17. The molecule has 1 amide bonds. The summed E-state index contributed by atoms with van der Waals surface area (Å²) in [4.78, 5) is 36.3. The van der Waals surface area contributed by atoms with Gasteiger partial charge in [0.15, 0.2) is 12.4 Å². The van der Waals surface area contributed by atoms with Crippen LogP contribution in [-0.2, 0) is 20.9 Å². The molecule has 1 heterocycles. The van der Waals surface area contributed by atoms with Crippen LogP contribution >= 0.6 is 0 Å². The zero-order chi connectivity index (χ0) is 20.5. The predicted molar refractivity (Wildman–Crippen MR) is 101 cm³/mol. The van der Waals surface area contributed by atoms with Crippen molar-refractivity contribution in [3.8, 4) is 5.75 Å². The maximum atomic E-state index is 12.2. The third-order valence-electron chi connectivity index (χ3n) is 4.52.